The van der Waals surface area contributed by atoms with Crippen LogP contribution < -0.4 is 0 Å². The number of aliphatic carboxylic acids is 1. The number of carboxylic acids is 1. The van der Waals surface area contributed by atoms with Gasteiger partial charge in [-0.3, -0.25) is 9.59 Å². The Kier molecular flexibility index (Phi) is 3.18. The zero-order chi connectivity index (χ0) is 13.4. The van der Waals surface area contributed by atoms with Crippen LogP contribution in [0.1, 0.15) is 34.1 Å². The van der Waals surface area contributed by atoms with E-state index in [1.807, 2.05) is 0 Å². The number of ether oxygens (including phenoxy) is 1. The van der Waals surface area contributed by atoms with Gasteiger partial charge in [-0.05, 0) is 27.7 Å². The summed E-state index contributed by atoms with van der Waals surface area (Å²) in [6.07, 6.45) is -0.964. The maximum atomic E-state index is 11.7. The molecule has 0 aromatic carbocycles. The van der Waals surface area contributed by atoms with Crippen LogP contribution in [-0.4, -0.2) is 40.1 Å². The minimum Gasteiger partial charge on any atom is -0.481 e. The number of carboxylic acid groups (broad SMARTS) is 1. The van der Waals surface area contributed by atoms with Crippen molar-refractivity contribution in [2.45, 2.75) is 39.7 Å². The van der Waals surface area contributed by atoms with Gasteiger partial charge in [-0.1, -0.05) is 0 Å². The second-order valence-electron chi connectivity index (χ2n) is 5.50. The van der Waals surface area contributed by atoms with Crippen LogP contribution >= 0.6 is 0 Å². The molecule has 6 heteroatoms. The Hall–Kier alpha value is -1.59. The molecule has 1 unspecified atom stereocenters. The van der Waals surface area contributed by atoms with Crippen LogP contribution in [0.15, 0.2) is 0 Å². The molecule has 1 aliphatic rings. The van der Waals surface area contributed by atoms with Crippen molar-refractivity contribution in [3.63, 3.8) is 0 Å². The number of amides is 2. The van der Waals surface area contributed by atoms with Gasteiger partial charge < -0.3 is 9.84 Å². The maximum Gasteiger partial charge on any atom is 0.417 e. The Morgan fingerprint density at radius 1 is 1.41 bits per heavy atom. The number of hydrogen-bond acceptors (Lipinski definition) is 4. The average molecular weight is 243 g/mol. The van der Waals surface area contributed by atoms with Crippen molar-refractivity contribution in [2.75, 3.05) is 6.54 Å². The SMILES string of the molecule is CC(C)(C)OC(=O)N1CC(C)(C(=O)O)CC1=O. The summed E-state index contributed by atoms with van der Waals surface area (Å²) in [4.78, 5) is 35.1. The molecular formula is C11H17NO5. The molecular weight excluding hydrogens is 226 g/mol. The van der Waals surface area contributed by atoms with Crippen LogP contribution in [0.4, 0.5) is 4.79 Å². The number of nitrogens with zero attached hydrogens (tertiary/aromatic N) is 1. The number of likely N-dealkylation sites (tertiary alicyclic amines) is 1. The van der Waals surface area contributed by atoms with Crippen molar-refractivity contribution < 1.29 is 24.2 Å². The smallest absolute Gasteiger partial charge is 0.417 e. The number of hydrogen-bond donors (Lipinski definition) is 1. The molecule has 1 atom stereocenters. The van der Waals surface area contributed by atoms with E-state index in [0.717, 1.165) is 4.90 Å². The summed E-state index contributed by atoms with van der Waals surface area (Å²) in [7, 11) is 0. The Morgan fingerprint density at radius 2 is 1.94 bits per heavy atom. The highest BCUT2D eigenvalue weighted by Crippen LogP contribution is 2.32. The highest BCUT2D eigenvalue weighted by molar-refractivity contribution is 5.98. The van der Waals surface area contributed by atoms with Crippen LogP contribution in [0.2, 0.25) is 0 Å². The summed E-state index contributed by atoms with van der Waals surface area (Å²) in [6.45, 7) is 6.35. The largest absolute Gasteiger partial charge is 0.481 e. The third-order valence-electron chi connectivity index (χ3n) is 2.48. The maximum absolute atomic E-state index is 11.7. The highest BCUT2D eigenvalue weighted by Gasteiger charge is 2.48. The van der Waals surface area contributed by atoms with Gasteiger partial charge in [0.25, 0.3) is 0 Å². The quantitative estimate of drug-likeness (QED) is 0.749. The standard InChI is InChI=1S/C11H17NO5/c1-10(2,3)17-9(16)12-6-11(4,8(14)15)5-7(12)13/h5-6H2,1-4H3,(H,14,15). The van der Waals surface area contributed by atoms with Gasteiger partial charge in [-0.2, -0.15) is 0 Å². The second kappa shape index (κ2) is 4.01. The number of imide groups is 1. The second-order valence-corrected chi connectivity index (χ2v) is 5.50. The molecule has 2 amide bonds. The molecule has 1 rings (SSSR count). The van der Waals surface area contributed by atoms with Crippen molar-refractivity contribution in [1.82, 2.24) is 4.90 Å². The highest BCUT2D eigenvalue weighted by atomic mass is 16.6. The molecule has 1 saturated heterocycles. The third-order valence-corrected chi connectivity index (χ3v) is 2.48. The van der Waals surface area contributed by atoms with Crippen LogP contribution in [-0.2, 0) is 14.3 Å². The van der Waals surface area contributed by atoms with E-state index in [2.05, 4.69) is 0 Å². The lowest BCUT2D eigenvalue weighted by atomic mass is 9.90. The van der Waals surface area contributed by atoms with Crippen LogP contribution in [0.3, 0.4) is 0 Å². The molecule has 1 aliphatic heterocycles. The fourth-order valence-electron chi connectivity index (χ4n) is 1.55. The zero-order valence-electron chi connectivity index (χ0n) is 10.4. The summed E-state index contributed by atoms with van der Waals surface area (Å²) in [5.41, 5.74) is -1.92. The minimum atomic E-state index is -1.21. The van der Waals surface area contributed by atoms with E-state index in [-0.39, 0.29) is 13.0 Å². The van der Waals surface area contributed by atoms with Crippen molar-refractivity contribution >= 4 is 18.0 Å². The van der Waals surface area contributed by atoms with E-state index in [1.54, 1.807) is 20.8 Å². The van der Waals surface area contributed by atoms with E-state index in [9.17, 15) is 14.4 Å². The molecule has 0 spiro atoms. The Balaban J connectivity index is 2.79. The molecule has 0 bridgehead atoms. The fourth-order valence-corrected chi connectivity index (χ4v) is 1.55. The molecule has 1 fully saturated rings. The first-order chi connectivity index (χ1) is 7.55. The third kappa shape index (κ3) is 2.95. The molecule has 0 aromatic heterocycles. The van der Waals surface area contributed by atoms with Gasteiger partial charge in [-0.15, -0.1) is 0 Å². The minimum absolute atomic E-state index is 0.143. The number of rotatable bonds is 1. The Labute approximate surface area is 99.5 Å². The monoisotopic (exact) mass is 243 g/mol. The Bertz CT molecular complexity index is 371. The van der Waals surface area contributed by atoms with Crippen LogP contribution in [0.5, 0.6) is 0 Å². The van der Waals surface area contributed by atoms with E-state index in [4.69, 9.17) is 9.84 Å². The number of carbonyl (C=O) groups is 3. The lowest BCUT2D eigenvalue weighted by Crippen LogP contribution is -2.39. The molecule has 0 radical (unpaired) electrons. The van der Waals surface area contributed by atoms with Gasteiger partial charge >= 0.3 is 12.1 Å². The first kappa shape index (κ1) is 13.5. The zero-order valence-corrected chi connectivity index (χ0v) is 10.4. The van der Waals surface area contributed by atoms with Gasteiger partial charge in [0, 0.05) is 13.0 Å². The molecule has 1 N–H and O–H groups in total. The van der Waals surface area contributed by atoms with Gasteiger partial charge in [0.1, 0.15) is 5.60 Å². The normalized spacial score (nSPS) is 24.9. The molecule has 96 valence electrons. The summed E-state index contributed by atoms with van der Waals surface area (Å²) in [6, 6.07) is 0. The van der Waals surface area contributed by atoms with Gasteiger partial charge in [-0.25, -0.2) is 9.69 Å². The lowest BCUT2D eigenvalue weighted by Gasteiger charge is -2.24. The molecule has 0 saturated carbocycles. The van der Waals surface area contributed by atoms with Crippen molar-refractivity contribution in [3.05, 3.63) is 0 Å². The molecule has 6 nitrogen and oxygen atoms in total. The summed E-state index contributed by atoms with van der Waals surface area (Å²) in [5.74, 6) is -1.60. The summed E-state index contributed by atoms with van der Waals surface area (Å²) in [5, 5.41) is 8.99. The first-order valence-corrected chi connectivity index (χ1v) is 5.32. The van der Waals surface area contributed by atoms with Crippen LogP contribution in [0.25, 0.3) is 0 Å². The first-order valence-electron chi connectivity index (χ1n) is 5.32. The molecule has 0 aromatic rings. The van der Waals surface area contributed by atoms with Gasteiger partial charge in [0.15, 0.2) is 0 Å². The average Bonchev–Trinajstić information content (AvgIpc) is 2.40. The van der Waals surface area contributed by atoms with Gasteiger partial charge in [0.2, 0.25) is 5.91 Å². The van der Waals surface area contributed by atoms with E-state index < -0.39 is 29.0 Å². The van der Waals surface area contributed by atoms with E-state index in [1.165, 1.54) is 6.92 Å². The molecule has 1 heterocycles. The van der Waals surface area contributed by atoms with Crippen LogP contribution in [0, 0.1) is 5.41 Å². The van der Waals surface area contributed by atoms with Crippen molar-refractivity contribution in [2.24, 2.45) is 5.41 Å². The van der Waals surface area contributed by atoms with Crippen molar-refractivity contribution in [3.8, 4) is 0 Å². The van der Waals surface area contributed by atoms with E-state index >= 15 is 0 Å². The number of carbonyl (C=O) groups excluding carboxylic acids is 2. The predicted octanol–water partition coefficient (Wildman–Crippen LogP) is 1.24. The van der Waals surface area contributed by atoms with E-state index in [0.29, 0.717) is 0 Å². The van der Waals surface area contributed by atoms with Crippen molar-refractivity contribution in [1.29, 1.82) is 0 Å². The predicted molar refractivity (Wildman–Crippen MR) is 58.3 cm³/mol. The summed E-state index contributed by atoms with van der Waals surface area (Å²) >= 11 is 0. The fraction of sp³-hybridized carbons (Fsp3) is 0.727. The lowest BCUT2D eigenvalue weighted by molar-refractivity contribution is -0.147. The molecule has 17 heavy (non-hydrogen) atoms. The Morgan fingerprint density at radius 3 is 2.29 bits per heavy atom. The molecule has 0 aliphatic carbocycles. The topological polar surface area (TPSA) is 83.9 Å². The summed E-state index contributed by atoms with van der Waals surface area (Å²) < 4.78 is 5.04. The van der Waals surface area contributed by atoms with Gasteiger partial charge in [0.05, 0.1) is 5.41 Å².